The maximum atomic E-state index is 12.7. The number of methoxy groups -OCH3 is 1. The molecule has 1 atom stereocenters. The zero-order chi connectivity index (χ0) is 20.3. The van der Waals surface area contributed by atoms with Gasteiger partial charge in [-0.3, -0.25) is 9.69 Å². The van der Waals surface area contributed by atoms with Crippen molar-refractivity contribution in [3.8, 4) is 5.75 Å². The van der Waals surface area contributed by atoms with Crippen LogP contribution in [0.1, 0.15) is 45.2 Å². The average Bonchev–Trinajstić information content (AvgIpc) is 2.67. The van der Waals surface area contributed by atoms with Gasteiger partial charge in [0, 0.05) is 12.2 Å². The minimum atomic E-state index is -0.537. The molecule has 1 amide bonds. The van der Waals surface area contributed by atoms with Gasteiger partial charge in [0.15, 0.2) is 5.17 Å². The summed E-state index contributed by atoms with van der Waals surface area (Å²) in [7, 11) is 1.34. The molecule has 150 valence electrons. The largest absolute Gasteiger partial charge is 0.494 e. The maximum absolute atomic E-state index is 12.7. The molecule has 1 aromatic rings. The second-order valence-corrected chi connectivity index (χ2v) is 8.31. The Morgan fingerprint density at radius 3 is 2.68 bits per heavy atom. The zero-order valence-electron chi connectivity index (χ0n) is 16.7. The van der Waals surface area contributed by atoms with Crippen molar-refractivity contribution in [3.63, 3.8) is 0 Å². The Hall–Kier alpha value is -2.28. The first-order chi connectivity index (χ1) is 13.4. The third kappa shape index (κ3) is 4.24. The predicted molar refractivity (Wildman–Crippen MR) is 110 cm³/mol. The van der Waals surface area contributed by atoms with Gasteiger partial charge < -0.3 is 9.47 Å². The van der Waals surface area contributed by atoms with E-state index in [2.05, 4.69) is 18.8 Å². The molecule has 1 fully saturated rings. The summed E-state index contributed by atoms with van der Waals surface area (Å²) >= 11 is 1.54. The Morgan fingerprint density at radius 2 is 2.04 bits per heavy atom. The van der Waals surface area contributed by atoms with Gasteiger partial charge in [-0.05, 0) is 37.0 Å². The SMILES string of the molecule is COC(=O)C1=C(C)N=C2SCCC(=O)N2[C@@H]1c1ccc(OCCC(C)C)cc1. The summed E-state index contributed by atoms with van der Waals surface area (Å²) in [5, 5.41) is 0.642. The molecule has 0 spiro atoms. The van der Waals surface area contributed by atoms with E-state index in [0.29, 0.717) is 41.1 Å². The monoisotopic (exact) mass is 402 g/mol. The predicted octanol–water partition coefficient (Wildman–Crippen LogP) is 3.93. The summed E-state index contributed by atoms with van der Waals surface area (Å²) in [6.45, 7) is 6.76. The van der Waals surface area contributed by atoms with E-state index < -0.39 is 12.0 Å². The van der Waals surface area contributed by atoms with Crippen molar-refractivity contribution in [3.05, 3.63) is 41.1 Å². The van der Waals surface area contributed by atoms with Crippen LogP contribution in [0.25, 0.3) is 0 Å². The molecule has 2 heterocycles. The number of ether oxygens (including phenoxy) is 2. The lowest BCUT2D eigenvalue weighted by Crippen LogP contribution is -2.45. The molecule has 0 unspecified atom stereocenters. The lowest BCUT2D eigenvalue weighted by atomic mass is 9.94. The topological polar surface area (TPSA) is 68.2 Å². The van der Waals surface area contributed by atoms with Crippen LogP contribution in [0.2, 0.25) is 0 Å². The molecule has 2 aliphatic heterocycles. The minimum absolute atomic E-state index is 0.0336. The van der Waals surface area contributed by atoms with Gasteiger partial charge in [-0.1, -0.05) is 37.7 Å². The van der Waals surface area contributed by atoms with E-state index in [1.165, 1.54) is 18.9 Å². The first-order valence-electron chi connectivity index (χ1n) is 9.47. The molecule has 0 aromatic heterocycles. The van der Waals surface area contributed by atoms with Crippen molar-refractivity contribution in [2.45, 2.75) is 39.7 Å². The fourth-order valence-corrected chi connectivity index (χ4v) is 4.25. The van der Waals surface area contributed by atoms with Gasteiger partial charge in [0.1, 0.15) is 5.75 Å². The van der Waals surface area contributed by atoms with Crippen LogP contribution in [0.3, 0.4) is 0 Å². The quantitative estimate of drug-likeness (QED) is 0.674. The average molecular weight is 403 g/mol. The number of allylic oxidation sites excluding steroid dienone is 1. The van der Waals surface area contributed by atoms with Gasteiger partial charge in [-0.25, -0.2) is 9.79 Å². The fraction of sp³-hybridized carbons (Fsp3) is 0.476. The summed E-state index contributed by atoms with van der Waals surface area (Å²) in [6, 6.07) is 7.03. The second-order valence-electron chi connectivity index (χ2n) is 7.25. The number of thioether (sulfide) groups is 1. The highest BCUT2D eigenvalue weighted by Gasteiger charge is 2.41. The van der Waals surface area contributed by atoms with Crippen molar-refractivity contribution in [1.82, 2.24) is 4.90 Å². The van der Waals surface area contributed by atoms with E-state index in [9.17, 15) is 9.59 Å². The Balaban J connectivity index is 1.93. The second kappa shape index (κ2) is 8.82. The number of rotatable bonds is 6. The smallest absolute Gasteiger partial charge is 0.338 e. The molecular weight excluding hydrogens is 376 g/mol. The number of carbonyl (C=O) groups excluding carboxylic acids is 2. The van der Waals surface area contributed by atoms with Crippen molar-refractivity contribution < 1.29 is 19.1 Å². The highest BCUT2D eigenvalue weighted by Crippen LogP contribution is 2.40. The Morgan fingerprint density at radius 1 is 1.32 bits per heavy atom. The van der Waals surface area contributed by atoms with Crippen LogP contribution < -0.4 is 4.74 Å². The highest BCUT2D eigenvalue weighted by atomic mass is 32.2. The van der Waals surface area contributed by atoms with Crippen molar-refractivity contribution >= 4 is 28.8 Å². The minimum Gasteiger partial charge on any atom is -0.494 e. The summed E-state index contributed by atoms with van der Waals surface area (Å²) in [4.78, 5) is 31.3. The number of nitrogens with zero attached hydrogens (tertiary/aromatic N) is 2. The number of esters is 1. The molecule has 28 heavy (non-hydrogen) atoms. The molecular formula is C21H26N2O4S. The van der Waals surface area contributed by atoms with Crippen LogP contribution >= 0.6 is 11.8 Å². The molecule has 3 rings (SSSR count). The summed E-state index contributed by atoms with van der Waals surface area (Å²) in [5.74, 6) is 1.55. The van der Waals surface area contributed by atoms with Gasteiger partial charge in [-0.2, -0.15) is 0 Å². The van der Waals surface area contributed by atoms with E-state index in [1.807, 2.05) is 24.3 Å². The zero-order valence-corrected chi connectivity index (χ0v) is 17.5. The molecule has 0 radical (unpaired) electrons. The van der Waals surface area contributed by atoms with Crippen LogP contribution in [0, 0.1) is 5.92 Å². The number of aliphatic imine (C=N–C) groups is 1. The number of hydrogen-bond acceptors (Lipinski definition) is 6. The summed E-state index contributed by atoms with van der Waals surface area (Å²) in [5.41, 5.74) is 1.82. The third-order valence-electron chi connectivity index (χ3n) is 4.77. The normalized spacial score (nSPS) is 19.5. The van der Waals surface area contributed by atoms with Gasteiger partial charge in [-0.15, -0.1) is 0 Å². The van der Waals surface area contributed by atoms with Crippen LogP contribution in [0.4, 0.5) is 0 Å². The van der Waals surface area contributed by atoms with Gasteiger partial charge in [0.25, 0.3) is 0 Å². The molecule has 6 nitrogen and oxygen atoms in total. The van der Waals surface area contributed by atoms with E-state index >= 15 is 0 Å². The molecule has 2 aliphatic rings. The summed E-state index contributed by atoms with van der Waals surface area (Å²) < 4.78 is 10.8. The van der Waals surface area contributed by atoms with E-state index in [1.54, 1.807) is 11.8 Å². The molecule has 0 saturated carbocycles. The standard InChI is InChI=1S/C21H26N2O4S/c1-13(2)9-11-27-16-7-5-15(6-8-16)19-18(20(25)26-4)14(3)22-21-23(19)17(24)10-12-28-21/h5-8,13,19H,9-12H2,1-4H3/t19-/m1/s1. The van der Waals surface area contributed by atoms with Crippen molar-refractivity contribution in [1.29, 1.82) is 0 Å². The van der Waals surface area contributed by atoms with Crippen LogP contribution in [0.15, 0.2) is 40.5 Å². The molecule has 1 saturated heterocycles. The first-order valence-corrected chi connectivity index (χ1v) is 10.5. The van der Waals surface area contributed by atoms with E-state index in [-0.39, 0.29) is 5.91 Å². The van der Waals surface area contributed by atoms with Gasteiger partial charge >= 0.3 is 5.97 Å². The lowest BCUT2D eigenvalue weighted by molar-refractivity contribution is -0.137. The van der Waals surface area contributed by atoms with Crippen molar-refractivity contribution in [2.24, 2.45) is 10.9 Å². The van der Waals surface area contributed by atoms with E-state index in [0.717, 1.165) is 17.7 Å². The number of amides is 1. The third-order valence-corrected chi connectivity index (χ3v) is 5.73. The molecule has 0 bridgehead atoms. The Kier molecular flexibility index (Phi) is 6.44. The Bertz CT molecular complexity index is 814. The number of carbonyl (C=O) groups is 2. The maximum Gasteiger partial charge on any atom is 0.338 e. The van der Waals surface area contributed by atoms with Crippen LogP contribution in [-0.4, -0.2) is 41.4 Å². The molecule has 1 aromatic carbocycles. The first kappa shape index (κ1) is 20.5. The van der Waals surface area contributed by atoms with Crippen LogP contribution in [-0.2, 0) is 14.3 Å². The highest BCUT2D eigenvalue weighted by molar-refractivity contribution is 8.14. The number of fused-ring (bicyclic) bond motifs is 1. The van der Waals surface area contributed by atoms with Gasteiger partial charge in [0.2, 0.25) is 5.91 Å². The molecule has 7 heteroatoms. The van der Waals surface area contributed by atoms with Gasteiger partial charge in [0.05, 0.1) is 31.0 Å². The molecule has 0 aliphatic carbocycles. The van der Waals surface area contributed by atoms with E-state index in [4.69, 9.17) is 9.47 Å². The number of amidine groups is 1. The lowest BCUT2D eigenvalue weighted by Gasteiger charge is -2.38. The Labute approximate surface area is 170 Å². The summed E-state index contributed by atoms with van der Waals surface area (Å²) in [6.07, 6.45) is 1.40. The van der Waals surface area contributed by atoms with Crippen LogP contribution in [0.5, 0.6) is 5.75 Å². The fourth-order valence-electron chi connectivity index (χ4n) is 3.24. The van der Waals surface area contributed by atoms with Crippen molar-refractivity contribution in [2.75, 3.05) is 19.5 Å². The number of benzene rings is 1. The number of hydrogen-bond donors (Lipinski definition) is 0. The molecule has 0 N–H and O–H groups in total.